The van der Waals surface area contributed by atoms with Gasteiger partial charge in [-0.05, 0) is 53.9 Å². The van der Waals surface area contributed by atoms with Crippen LogP contribution >= 0.6 is 11.8 Å². The zero-order valence-electron chi connectivity index (χ0n) is 15.8. The number of imidazole rings is 1. The number of nitrogens with one attached hydrogen (secondary N) is 1. The van der Waals surface area contributed by atoms with Crippen LogP contribution in [0.2, 0.25) is 0 Å². The first-order valence-electron chi connectivity index (χ1n) is 8.84. The van der Waals surface area contributed by atoms with Crippen molar-refractivity contribution in [2.24, 2.45) is 0 Å². The molecule has 2 heterocycles. The van der Waals surface area contributed by atoms with Gasteiger partial charge in [-0.3, -0.25) is 4.79 Å². The van der Waals surface area contributed by atoms with Crippen molar-refractivity contribution < 1.29 is 9.18 Å². The molecule has 2 aromatic heterocycles. The van der Waals surface area contributed by atoms with Crippen LogP contribution in [0, 0.1) is 12.7 Å². The van der Waals surface area contributed by atoms with Crippen LogP contribution in [0.5, 0.6) is 0 Å². The summed E-state index contributed by atoms with van der Waals surface area (Å²) in [6, 6.07) is 12.0. The van der Waals surface area contributed by atoms with E-state index in [-0.39, 0.29) is 18.1 Å². The molecule has 29 heavy (non-hydrogen) atoms. The van der Waals surface area contributed by atoms with Gasteiger partial charge in [0.1, 0.15) is 18.2 Å². The van der Waals surface area contributed by atoms with Gasteiger partial charge in [0.25, 0.3) is 0 Å². The van der Waals surface area contributed by atoms with E-state index in [4.69, 9.17) is 0 Å². The molecular weight excluding hydrogens is 393 g/mol. The van der Waals surface area contributed by atoms with Crippen LogP contribution in [0.4, 0.5) is 10.1 Å². The van der Waals surface area contributed by atoms with Gasteiger partial charge in [0, 0.05) is 0 Å². The molecular formula is C19H18FN7OS. The normalized spacial score (nSPS) is 11.1. The summed E-state index contributed by atoms with van der Waals surface area (Å²) in [5, 5.41) is 13.9. The first-order valence-corrected chi connectivity index (χ1v) is 10.2. The van der Waals surface area contributed by atoms with Gasteiger partial charge in [0.2, 0.25) is 5.91 Å². The first-order chi connectivity index (χ1) is 14.1. The fourth-order valence-corrected chi connectivity index (χ4v) is 3.56. The summed E-state index contributed by atoms with van der Waals surface area (Å²) in [4.78, 5) is 17.3. The van der Waals surface area contributed by atoms with Crippen molar-refractivity contribution in [3.8, 4) is 5.69 Å². The zero-order valence-corrected chi connectivity index (χ0v) is 16.6. The van der Waals surface area contributed by atoms with Crippen LogP contribution in [0.1, 0.15) is 11.6 Å². The largest absolute Gasteiger partial charge is 0.322 e. The van der Waals surface area contributed by atoms with Gasteiger partial charge in [-0.25, -0.2) is 9.37 Å². The van der Waals surface area contributed by atoms with E-state index in [0.717, 1.165) is 16.9 Å². The number of rotatable bonds is 6. The number of benzene rings is 2. The molecule has 2 aromatic carbocycles. The van der Waals surface area contributed by atoms with Crippen LogP contribution in [0.15, 0.2) is 42.5 Å². The summed E-state index contributed by atoms with van der Waals surface area (Å²) >= 11 is 1.62. The fourth-order valence-electron chi connectivity index (χ4n) is 3.09. The van der Waals surface area contributed by atoms with E-state index in [1.807, 2.05) is 35.1 Å². The zero-order chi connectivity index (χ0) is 20.4. The third kappa shape index (κ3) is 3.83. The van der Waals surface area contributed by atoms with Gasteiger partial charge >= 0.3 is 0 Å². The lowest BCUT2D eigenvalue weighted by Crippen LogP contribution is -2.21. The Morgan fingerprint density at radius 3 is 2.83 bits per heavy atom. The summed E-state index contributed by atoms with van der Waals surface area (Å²) in [7, 11) is 0. The Kier molecular flexibility index (Phi) is 5.26. The average molecular weight is 411 g/mol. The number of anilines is 1. The van der Waals surface area contributed by atoms with E-state index < -0.39 is 5.82 Å². The molecule has 1 N–H and O–H groups in total. The molecule has 4 aromatic rings. The van der Waals surface area contributed by atoms with Crippen LogP contribution < -0.4 is 5.32 Å². The third-order valence-electron chi connectivity index (χ3n) is 4.40. The monoisotopic (exact) mass is 411 g/mol. The molecule has 0 fully saturated rings. The maximum atomic E-state index is 14.3. The highest BCUT2D eigenvalue weighted by atomic mass is 32.2. The molecule has 0 aliphatic rings. The number of carbonyl (C=O) groups excluding carboxylic acids is 1. The van der Waals surface area contributed by atoms with E-state index in [0.29, 0.717) is 17.3 Å². The fraction of sp³-hybridized carbons (Fsp3) is 0.211. The van der Waals surface area contributed by atoms with Crippen molar-refractivity contribution in [1.29, 1.82) is 0 Å². The molecule has 10 heteroatoms. The van der Waals surface area contributed by atoms with E-state index >= 15 is 0 Å². The van der Waals surface area contributed by atoms with Crippen LogP contribution in [-0.2, 0) is 17.1 Å². The number of nitrogens with zero attached hydrogens (tertiary/aromatic N) is 6. The molecule has 0 bridgehead atoms. The highest BCUT2D eigenvalue weighted by molar-refractivity contribution is 7.97. The lowest BCUT2D eigenvalue weighted by atomic mass is 10.2. The van der Waals surface area contributed by atoms with Crippen molar-refractivity contribution in [3.63, 3.8) is 0 Å². The number of carbonyl (C=O) groups is 1. The molecule has 1 amide bonds. The third-order valence-corrected chi connectivity index (χ3v) is 4.95. The lowest BCUT2D eigenvalue weighted by Gasteiger charge is -2.11. The average Bonchev–Trinajstić information content (AvgIpc) is 3.28. The number of thioether (sulfide) groups is 1. The minimum absolute atomic E-state index is 0.0317. The van der Waals surface area contributed by atoms with Gasteiger partial charge in [0.15, 0.2) is 5.82 Å². The van der Waals surface area contributed by atoms with Gasteiger partial charge in [-0.1, -0.05) is 12.1 Å². The van der Waals surface area contributed by atoms with E-state index in [1.165, 1.54) is 16.8 Å². The first kappa shape index (κ1) is 19.1. The Bertz CT molecular complexity index is 1190. The standard InChI is InChI=1S/C19H18FN7OS/c1-12-23-24-25-27(12)13-7-8-14(20)16(9-13)22-19(28)10-26-17-6-4-3-5-15(17)21-18(26)11-29-2/h3-9H,10-11H2,1-2H3,(H,22,28). The lowest BCUT2D eigenvalue weighted by molar-refractivity contribution is -0.116. The molecule has 0 saturated carbocycles. The van der Waals surface area contributed by atoms with Crippen molar-refractivity contribution in [1.82, 2.24) is 29.8 Å². The number of aryl methyl sites for hydroxylation is 1. The second kappa shape index (κ2) is 8.00. The van der Waals surface area contributed by atoms with Crippen molar-refractivity contribution in [2.75, 3.05) is 11.6 Å². The second-order valence-electron chi connectivity index (χ2n) is 6.39. The topological polar surface area (TPSA) is 90.5 Å². The minimum Gasteiger partial charge on any atom is -0.322 e. The van der Waals surface area contributed by atoms with Crippen molar-refractivity contribution in [2.45, 2.75) is 19.2 Å². The highest BCUT2D eigenvalue weighted by Gasteiger charge is 2.15. The summed E-state index contributed by atoms with van der Waals surface area (Å²) in [5.74, 6) is 1.14. The molecule has 0 spiro atoms. The Morgan fingerprint density at radius 2 is 2.07 bits per heavy atom. The summed E-state index contributed by atoms with van der Waals surface area (Å²) in [6.45, 7) is 1.77. The predicted molar refractivity (Wildman–Crippen MR) is 109 cm³/mol. The molecule has 0 aliphatic heterocycles. The Labute approximate surface area is 170 Å². The van der Waals surface area contributed by atoms with Gasteiger partial charge in [-0.2, -0.15) is 16.4 Å². The van der Waals surface area contributed by atoms with Gasteiger partial charge in [0.05, 0.1) is 28.2 Å². The number of tetrazole rings is 1. The number of aromatic nitrogens is 6. The number of hydrogen-bond donors (Lipinski definition) is 1. The van der Waals surface area contributed by atoms with Crippen LogP contribution in [-0.4, -0.2) is 41.9 Å². The molecule has 0 unspecified atom stereocenters. The second-order valence-corrected chi connectivity index (χ2v) is 7.25. The Balaban J connectivity index is 1.60. The number of halogens is 1. The summed E-state index contributed by atoms with van der Waals surface area (Å²) < 4.78 is 17.6. The molecule has 148 valence electrons. The predicted octanol–water partition coefficient (Wildman–Crippen LogP) is 2.96. The van der Waals surface area contributed by atoms with Crippen molar-refractivity contribution >= 4 is 34.4 Å². The highest BCUT2D eigenvalue weighted by Crippen LogP contribution is 2.21. The minimum atomic E-state index is -0.535. The smallest absolute Gasteiger partial charge is 0.244 e. The summed E-state index contributed by atoms with van der Waals surface area (Å²) in [6.07, 6.45) is 1.98. The SMILES string of the molecule is CSCc1nc2ccccc2n1CC(=O)Nc1cc(-n2nnnc2C)ccc1F. The van der Waals surface area contributed by atoms with E-state index in [2.05, 4.69) is 25.8 Å². The molecule has 0 atom stereocenters. The molecule has 4 rings (SSSR count). The number of hydrogen-bond acceptors (Lipinski definition) is 6. The van der Waals surface area contributed by atoms with Gasteiger partial charge < -0.3 is 9.88 Å². The maximum Gasteiger partial charge on any atom is 0.244 e. The number of fused-ring (bicyclic) bond motifs is 1. The maximum absolute atomic E-state index is 14.3. The van der Waals surface area contributed by atoms with E-state index in [9.17, 15) is 9.18 Å². The van der Waals surface area contributed by atoms with Crippen LogP contribution in [0.25, 0.3) is 16.7 Å². The number of para-hydroxylation sites is 2. The molecule has 8 nitrogen and oxygen atoms in total. The molecule has 0 aliphatic carbocycles. The Hall–Kier alpha value is -3.27. The van der Waals surface area contributed by atoms with Crippen molar-refractivity contribution in [3.05, 3.63) is 59.9 Å². The Morgan fingerprint density at radius 1 is 1.24 bits per heavy atom. The quantitative estimate of drug-likeness (QED) is 0.525. The molecule has 0 saturated heterocycles. The van der Waals surface area contributed by atoms with E-state index in [1.54, 1.807) is 24.8 Å². The summed E-state index contributed by atoms with van der Waals surface area (Å²) in [5.41, 5.74) is 2.32. The van der Waals surface area contributed by atoms with Crippen LogP contribution in [0.3, 0.4) is 0 Å². The van der Waals surface area contributed by atoms with Gasteiger partial charge in [-0.15, -0.1) is 5.10 Å². The number of amides is 1. The molecule has 0 radical (unpaired) electrons.